The van der Waals surface area contributed by atoms with Crippen molar-refractivity contribution >= 4 is 5.91 Å². The number of rotatable bonds is 2. The number of amides is 1. The van der Waals surface area contributed by atoms with Gasteiger partial charge >= 0.3 is 0 Å². The molecule has 1 aliphatic carbocycles. The van der Waals surface area contributed by atoms with Gasteiger partial charge in [0, 0.05) is 12.1 Å². The highest BCUT2D eigenvalue weighted by Crippen LogP contribution is 2.18. The first-order valence-corrected chi connectivity index (χ1v) is 4.52. The van der Waals surface area contributed by atoms with Crippen LogP contribution in [0, 0.1) is 6.92 Å². The molecule has 2 rings (SSSR count). The molecule has 1 heterocycles. The van der Waals surface area contributed by atoms with E-state index in [1.165, 1.54) is 0 Å². The van der Waals surface area contributed by atoms with Crippen LogP contribution < -0.4 is 11.1 Å². The van der Waals surface area contributed by atoms with Gasteiger partial charge in [0.2, 0.25) is 0 Å². The highest BCUT2D eigenvalue weighted by molar-refractivity contribution is 5.92. The molecule has 0 aliphatic heterocycles. The van der Waals surface area contributed by atoms with Crippen molar-refractivity contribution in [3.63, 3.8) is 0 Å². The van der Waals surface area contributed by atoms with Gasteiger partial charge in [-0.1, -0.05) is 0 Å². The molecule has 2 unspecified atom stereocenters. The molecule has 1 aromatic rings. The molecule has 2 atom stereocenters. The van der Waals surface area contributed by atoms with E-state index in [0.717, 1.165) is 12.0 Å². The molecule has 1 aromatic heterocycles. The number of hydrogen-bond acceptors (Lipinski definition) is 4. The fourth-order valence-electron chi connectivity index (χ4n) is 1.20. The van der Waals surface area contributed by atoms with Gasteiger partial charge in [0.05, 0.1) is 6.20 Å². The van der Waals surface area contributed by atoms with Crippen LogP contribution in [0.2, 0.25) is 0 Å². The molecule has 3 N–H and O–H groups in total. The molecule has 0 spiro atoms. The molecule has 1 fully saturated rings. The van der Waals surface area contributed by atoms with E-state index in [-0.39, 0.29) is 18.0 Å². The van der Waals surface area contributed by atoms with E-state index in [4.69, 9.17) is 5.73 Å². The summed E-state index contributed by atoms with van der Waals surface area (Å²) in [7, 11) is 0. The summed E-state index contributed by atoms with van der Waals surface area (Å²) in [6.45, 7) is 1.87. The van der Waals surface area contributed by atoms with Crippen molar-refractivity contribution < 1.29 is 4.79 Å². The monoisotopic (exact) mass is 192 g/mol. The van der Waals surface area contributed by atoms with Gasteiger partial charge in [0.15, 0.2) is 5.69 Å². The Kier molecular flexibility index (Phi) is 2.17. The summed E-state index contributed by atoms with van der Waals surface area (Å²) in [4.78, 5) is 11.5. The second kappa shape index (κ2) is 3.34. The van der Waals surface area contributed by atoms with Crippen molar-refractivity contribution in [1.82, 2.24) is 15.5 Å². The molecule has 14 heavy (non-hydrogen) atoms. The van der Waals surface area contributed by atoms with Crippen molar-refractivity contribution in [2.24, 2.45) is 5.73 Å². The van der Waals surface area contributed by atoms with Gasteiger partial charge in [0.1, 0.15) is 0 Å². The zero-order chi connectivity index (χ0) is 10.1. The number of nitrogens with one attached hydrogen (secondary N) is 1. The van der Waals surface area contributed by atoms with Gasteiger partial charge in [-0.3, -0.25) is 4.79 Å². The van der Waals surface area contributed by atoms with Crippen LogP contribution in [0.1, 0.15) is 22.5 Å². The van der Waals surface area contributed by atoms with Crippen molar-refractivity contribution in [2.45, 2.75) is 25.4 Å². The van der Waals surface area contributed by atoms with Gasteiger partial charge in [-0.2, -0.15) is 5.10 Å². The number of hydrogen-bond donors (Lipinski definition) is 2. The van der Waals surface area contributed by atoms with Crippen molar-refractivity contribution in [3.05, 3.63) is 23.5 Å². The molecule has 74 valence electrons. The van der Waals surface area contributed by atoms with Crippen molar-refractivity contribution in [1.29, 1.82) is 0 Å². The predicted octanol–water partition coefficient (Wildman–Crippen LogP) is -0.386. The third-order valence-electron chi connectivity index (χ3n) is 2.18. The van der Waals surface area contributed by atoms with E-state index in [1.807, 2.05) is 6.92 Å². The van der Waals surface area contributed by atoms with Crippen LogP contribution in [0.3, 0.4) is 0 Å². The van der Waals surface area contributed by atoms with Gasteiger partial charge in [-0.15, -0.1) is 5.10 Å². The molecule has 1 amide bonds. The van der Waals surface area contributed by atoms with E-state index < -0.39 is 0 Å². The maximum atomic E-state index is 11.5. The number of carbonyl (C=O) groups excluding carboxylic acids is 1. The Morgan fingerprint density at radius 2 is 2.43 bits per heavy atom. The van der Waals surface area contributed by atoms with E-state index in [9.17, 15) is 4.79 Å². The minimum Gasteiger partial charge on any atom is -0.346 e. The third kappa shape index (κ3) is 1.88. The highest BCUT2D eigenvalue weighted by Gasteiger charge is 2.35. The summed E-state index contributed by atoms with van der Waals surface area (Å²) >= 11 is 0. The van der Waals surface area contributed by atoms with Gasteiger partial charge < -0.3 is 11.1 Å². The Hall–Kier alpha value is -1.49. The fourth-order valence-corrected chi connectivity index (χ4v) is 1.20. The van der Waals surface area contributed by atoms with Crippen LogP contribution in [0.4, 0.5) is 0 Å². The first-order chi connectivity index (χ1) is 6.66. The Balaban J connectivity index is 2.03. The molecule has 0 saturated heterocycles. The lowest BCUT2D eigenvalue weighted by Gasteiger charge is -2.02. The lowest BCUT2D eigenvalue weighted by molar-refractivity contribution is 0.0944. The van der Waals surface area contributed by atoms with Gasteiger partial charge in [-0.25, -0.2) is 0 Å². The predicted molar refractivity (Wildman–Crippen MR) is 50.6 cm³/mol. The maximum Gasteiger partial charge on any atom is 0.272 e. The molecule has 0 bridgehead atoms. The summed E-state index contributed by atoms with van der Waals surface area (Å²) in [5.41, 5.74) is 6.84. The minimum absolute atomic E-state index is 0.108. The standard InChI is InChI=1S/C9H12N4O/c1-5-2-8(13-11-4-5)9(14)12-7-3-6(7)10/h2,4,6-7H,3,10H2,1H3,(H,12,14). The molecule has 5 nitrogen and oxygen atoms in total. The largest absolute Gasteiger partial charge is 0.346 e. The van der Waals surface area contributed by atoms with Gasteiger partial charge in [0.25, 0.3) is 5.91 Å². The van der Waals surface area contributed by atoms with E-state index in [2.05, 4.69) is 15.5 Å². The summed E-state index contributed by atoms with van der Waals surface area (Å²) in [6, 6.07) is 1.93. The van der Waals surface area contributed by atoms with Crippen molar-refractivity contribution in [2.75, 3.05) is 0 Å². The quantitative estimate of drug-likeness (QED) is 0.669. The van der Waals surface area contributed by atoms with Crippen LogP contribution >= 0.6 is 0 Å². The first-order valence-electron chi connectivity index (χ1n) is 4.52. The number of aryl methyl sites for hydroxylation is 1. The smallest absolute Gasteiger partial charge is 0.272 e. The lowest BCUT2D eigenvalue weighted by atomic mass is 10.3. The Bertz CT molecular complexity index is 366. The molecule has 0 radical (unpaired) electrons. The number of nitrogens with two attached hydrogens (primary N) is 1. The van der Waals surface area contributed by atoms with Crippen LogP contribution in [0.25, 0.3) is 0 Å². The van der Waals surface area contributed by atoms with E-state index in [0.29, 0.717) is 5.69 Å². The lowest BCUT2D eigenvalue weighted by Crippen LogP contribution is -2.30. The first kappa shape index (κ1) is 9.08. The number of carbonyl (C=O) groups is 1. The second-order valence-electron chi connectivity index (χ2n) is 3.60. The van der Waals surface area contributed by atoms with Crippen LogP contribution in [-0.2, 0) is 0 Å². The van der Waals surface area contributed by atoms with Crippen LogP contribution in [0.15, 0.2) is 12.3 Å². The molecular weight excluding hydrogens is 180 g/mol. The Morgan fingerprint density at radius 3 is 3.00 bits per heavy atom. The topological polar surface area (TPSA) is 80.9 Å². The van der Waals surface area contributed by atoms with E-state index in [1.54, 1.807) is 12.3 Å². The molecule has 1 aliphatic rings. The van der Waals surface area contributed by atoms with E-state index >= 15 is 0 Å². The number of nitrogens with zero attached hydrogens (tertiary/aromatic N) is 2. The Labute approximate surface area is 81.7 Å². The SMILES string of the molecule is Cc1cnnc(C(=O)NC2CC2N)c1. The summed E-state index contributed by atoms with van der Waals surface area (Å²) in [5, 5.41) is 10.2. The minimum atomic E-state index is -0.195. The molecule has 5 heteroatoms. The normalized spacial score (nSPS) is 24.4. The van der Waals surface area contributed by atoms with Crippen LogP contribution in [-0.4, -0.2) is 28.2 Å². The second-order valence-corrected chi connectivity index (χ2v) is 3.60. The third-order valence-corrected chi connectivity index (χ3v) is 2.18. The number of aromatic nitrogens is 2. The van der Waals surface area contributed by atoms with Gasteiger partial charge in [-0.05, 0) is 25.0 Å². The van der Waals surface area contributed by atoms with Crippen molar-refractivity contribution in [3.8, 4) is 0 Å². The summed E-state index contributed by atoms with van der Waals surface area (Å²) in [6.07, 6.45) is 2.46. The molecular formula is C9H12N4O. The zero-order valence-electron chi connectivity index (χ0n) is 7.90. The summed E-state index contributed by atoms with van der Waals surface area (Å²) in [5.74, 6) is -0.195. The fraction of sp³-hybridized carbons (Fsp3) is 0.444. The highest BCUT2D eigenvalue weighted by atomic mass is 16.2. The molecule has 1 saturated carbocycles. The summed E-state index contributed by atoms with van der Waals surface area (Å²) < 4.78 is 0. The zero-order valence-corrected chi connectivity index (χ0v) is 7.90. The average Bonchev–Trinajstić information content (AvgIpc) is 2.81. The van der Waals surface area contributed by atoms with Crippen LogP contribution in [0.5, 0.6) is 0 Å². The molecule has 0 aromatic carbocycles. The maximum absolute atomic E-state index is 11.5. The Morgan fingerprint density at radius 1 is 1.71 bits per heavy atom. The average molecular weight is 192 g/mol.